The number of hydrogen-bond acceptors (Lipinski definition) is 6. The number of benzene rings is 3. The highest BCUT2D eigenvalue weighted by Gasteiger charge is 2.41. The van der Waals surface area contributed by atoms with E-state index in [2.05, 4.69) is 36.5 Å². The quantitative estimate of drug-likeness (QED) is 0.391. The molecule has 0 bridgehead atoms. The summed E-state index contributed by atoms with van der Waals surface area (Å²) < 4.78 is 22.6. The molecule has 2 atom stereocenters. The predicted octanol–water partition coefficient (Wildman–Crippen LogP) is 6.38. The van der Waals surface area contributed by atoms with Crippen LogP contribution in [0, 0.1) is 6.92 Å². The molecule has 1 amide bonds. The van der Waals surface area contributed by atoms with Crippen molar-refractivity contribution in [3.05, 3.63) is 82.9 Å². The number of carbonyl (C=O) groups is 1. The summed E-state index contributed by atoms with van der Waals surface area (Å²) in [6.07, 6.45) is 0.259. The lowest BCUT2D eigenvalue weighted by Crippen LogP contribution is -2.52. The summed E-state index contributed by atoms with van der Waals surface area (Å²) in [4.78, 5) is 15.7. The largest absolute Gasteiger partial charge is 0.497 e. The maximum atomic E-state index is 13.9. The van der Waals surface area contributed by atoms with E-state index in [9.17, 15) is 4.79 Å². The van der Waals surface area contributed by atoms with Crippen LogP contribution in [-0.2, 0) is 11.2 Å². The molecule has 202 valence electrons. The second-order valence-corrected chi connectivity index (χ2v) is 10.6. The number of nitrogens with zero attached hydrogens (tertiary/aromatic N) is 1. The van der Waals surface area contributed by atoms with Crippen molar-refractivity contribution < 1.29 is 23.7 Å². The Hall–Kier alpha value is -3.87. The van der Waals surface area contributed by atoms with Gasteiger partial charge >= 0.3 is 6.09 Å². The molecular weight excluding hydrogens is 480 g/mol. The fourth-order valence-electron chi connectivity index (χ4n) is 4.85. The Morgan fingerprint density at radius 1 is 0.921 bits per heavy atom. The van der Waals surface area contributed by atoms with Gasteiger partial charge in [0.2, 0.25) is 0 Å². The van der Waals surface area contributed by atoms with Crippen LogP contribution in [0.3, 0.4) is 0 Å². The third-order valence-corrected chi connectivity index (χ3v) is 6.70. The number of amides is 1. The lowest BCUT2D eigenvalue weighted by Gasteiger charge is -2.44. The van der Waals surface area contributed by atoms with E-state index in [1.165, 1.54) is 5.56 Å². The van der Waals surface area contributed by atoms with Crippen LogP contribution in [0.25, 0.3) is 0 Å². The minimum Gasteiger partial charge on any atom is -0.497 e. The van der Waals surface area contributed by atoms with Gasteiger partial charge in [0.15, 0.2) is 11.5 Å². The van der Waals surface area contributed by atoms with Gasteiger partial charge in [-0.05, 0) is 87.2 Å². The first kappa shape index (κ1) is 27.2. The molecule has 1 aliphatic rings. The average molecular weight is 519 g/mol. The summed E-state index contributed by atoms with van der Waals surface area (Å²) in [5.41, 5.74) is 4.57. The van der Waals surface area contributed by atoms with Crippen molar-refractivity contribution in [3.8, 4) is 17.2 Å². The van der Waals surface area contributed by atoms with Gasteiger partial charge in [0.05, 0.1) is 33.4 Å². The van der Waals surface area contributed by atoms with Crippen LogP contribution in [0.2, 0.25) is 0 Å². The molecule has 1 aliphatic heterocycles. The highest BCUT2D eigenvalue weighted by molar-refractivity contribution is 5.72. The number of hydrogen-bond donors (Lipinski definition) is 1. The second-order valence-electron chi connectivity index (χ2n) is 10.6. The van der Waals surface area contributed by atoms with E-state index in [4.69, 9.17) is 18.9 Å². The minimum atomic E-state index is -0.644. The van der Waals surface area contributed by atoms with Gasteiger partial charge < -0.3 is 24.3 Å². The summed E-state index contributed by atoms with van der Waals surface area (Å²) in [6, 6.07) is 19.5. The molecule has 0 aliphatic carbocycles. The van der Waals surface area contributed by atoms with E-state index < -0.39 is 11.6 Å². The first-order valence-corrected chi connectivity index (χ1v) is 12.8. The topological polar surface area (TPSA) is 69.3 Å². The van der Waals surface area contributed by atoms with Crippen LogP contribution in [0.1, 0.15) is 49.1 Å². The van der Waals surface area contributed by atoms with Crippen molar-refractivity contribution in [3.63, 3.8) is 0 Å². The van der Waals surface area contributed by atoms with Gasteiger partial charge in [-0.15, -0.1) is 0 Å². The Labute approximate surface area is 225 Å². The van der Waals surface area contributed by atoms with Gasteiger partial charge in [-0.2, -0.15) is 0 Å². The molecule has 0 spiro atoms. The highest BCUT2D eigenvalue weighted by Crippen LogP contribution is 2.43. The second kappa shape index (κ2) is 11.3. The third kappa shape index (κ3) is 5.98. The summed E-state index contributed by atoms with van der Waals surface area (Å²) in [6.45, 7) is 8.27. The Bertz CT molecular complexity index is 1250. The number of methoxy groups -OCH3 is 3. The maximum absolute atomic E-state index is 13.9. The summed E-state index contributed by atoms with van der Waals surface area (Å²) in [5, 5.41) is 3.54. The fourth-order valence-corrected chi connectivity index (χ4v) is 4.85. The van der Waals surface area contributed by atoms with Crippen molar-refractivity contribution in [1.29, 1.82) is 0 Å². The Morgan fingerprint density at radius 2 is 1.55 bits per heavy atom. The Morgan fingerprint density at radius 3 is 2.13 bits per heavy atom. The van der Waals surface area contributed by atoms with Crippen LogP contribution in [0.15, 0.2) is 60.7 Å². The van der Waals surface area contributed by atoms with E-state index >= 15 is 0 Å². The number of carbonyl (C=O) groups excluding carboxylic acids is 1. The molecule has 0 saturated heterocycles. The molecule has 4 rings (SSSR count). The summed E-state index contributed by atoms with van der Waals surface area (Å²) >= 11 is 0. The fraction of sp³-hybridized carbons (Fsp3) is 0.387. The molecule has 0 aromatic heterocycles. The lowest BCUT2D eigenvalue weighted by atomic mass is 9.84. The molecular formula is C31H38N2O5. The van der Waals surface area contributed by atoms with Gasteiger partial charge in [0, 0.05) is 12.2 Å². The van der Waals surface area contributed by atoms with Crippen molar-refractivity contribution in [2.75, 3.05) is 33.2 Å². The number of aryl methyl sites for hydroxylation is 1. The van der Waals surface area contributed by atoms with E-state index in [1.54, 1.807) is 21.3 Å². The predicted molar refractivity (Wildman–Crippen MR) is 150 cm³/mol. The number of rotatable bonds is 7. The van der Waals surface area contributed by atoms with Crippen LogP contribution < -0.4 is 19.5 Å². The van der Waals surface area contributed by atoms with Crippen LogP contribution in [0.5, 0.6) is 17.2 Å². The third-order valence-electron chi connectivity index (χ3n) is 6.70. The van der Waals surface area contributed by atoms with Gasteiger partial charge in [-0.1, -0.05) is 29.8 Å². The Balaban J connectivity index is 1.83. The molecule has 38 heavy (non-hydrogen) atoms. The van der Waals surface area contributed by atoms with Crippen LogP contribution >= 0.6 is 0 Å². The first-order valence-electron chi connectivity index (χ1n) is 12.8. The number of ether oxygens (including phenoxy) is 4. The summed E-state index contributed by atoms with van der Waals surface area (Å²) in [7, 11) is 4.90. The smallest absolute Gasteiger partial charge is 0.411 e. The van der Waals surface area contributed by atoms with Crippen LogP contribution in [0.4, 0.5) is 10.5 Å². The molecule has 3 aromatic carbocycles. The zero-order valence-electron chi connectivity index (χ0n) is 23.3. The molecule has 0 saturated carbocycles. The molecule has 0 unspecified atom stereocenters. The molecule has 0 fully saturated rings. The molecule has 0 radical (unpaired) electrons. The SMILES string of the molecule is COc1ccc([C@H]2c3cc(OC)c(OC)cc3C[C@@H](CNc3ccc(C)cc3)N2C(=O)OC(C)(C)C)cc1. The number of nitrogens with one attached hydrogen (secondary N) is 1. The highest BCUT2D eigenvalue weighted by atomic mass is 16.6. The molecule has 7 heteroatoms. The van der Waals surface area contributed by atoms with Gasteiger partial charge in [0.1, 0.15) is 11.4 Å². The molecule has 7 nitrogen and oxygen atoms in total. The molecule has 3 aromatic rings. The van der Waals surface area contributed by atoms with Crippen LogP contribution in [-0.4, -0.2) is 50.5 Å². The van der Waals surface area contributed by atoms with E-state index in [0.29, 0.717) is 24.5 Å². The van der Waals surface area contributed by atoms with Crippen molar-refractivity contribution >= 4 is 11.8 Å². The van der Waals surface area contributed by atoms with Gasteiger partial charge in [-0.3, -0.25) is 4.90 Å². The monoisotopic (exact) mass is 518 g/mol. The van der Waals surface area contributed by atoms with Gasteiger partial charge in [-0.25, -0.2) is 4.79 Å². The number of fused-ring (bicyclic) bond motifs is 1. The lowest BCUT2D eigenvalue weighted by molar-refractivity contribution is 0.00740. The zero-order chi connectivity index (χ0) is 27.4. The normalized spacial score (nSPS) is 16.9. The zero-order valence-corrected chi connectivity index (χ0v) is 23.3. The Kier molecular flexibility index (Phi) is 8.05. The van der Waals surface area contributed by atoms with E-state index in [0.717, 1.165) is 28.1 Å². The van der Waals surface area contributed by atoms with E-state index in [-0.39, 0.29) is 12.1 Å². The minimum absolute atomic E-state index is 0.191. The van der Waals surface area contributed by atoms with Crippen molar-refractivity contribution in [2.45, 2.75) is 51.8 Å². The molecule has 1 heterocycles. The summed E-state index contributed by atoms with van der Waals surface area (Å²) in [5.74, 6) is 2.03. The van der Waals surface area contributed by atoms with Crippen molar-refractivity contribution in [2.24, 2.45) is 0 Å². The first-order chi connectivity index (χ1) is 18.1. The average Bonchev–Trinajstić information content (AvgIpc) is 2.90. The molecule has 1 N–H and O–H groups in total. The van der Waals surface area contributed by atoms with E-state index in [1.807, 2.05) is 62.1 Å². The van der Waals surface area contributed by atoms with Crippen molar-refractivity contribution in [1.82, 2.24) is 4.90 Å². The number of anilines is 1. The maximum Gasteiger partial charge on any atom is 0.411 e. The van der Waals surface area contributed by atoms with Gasteiger partial charge in [0.25, 0.3) is 0 Å². The standard InChI is InChI=1S/C31H38N2O5/c1-20-8-12-23(13-9-20)32-19-24-16-22-17-27(36-6)28(37-7)18-26(22)29(21-10-14-25(35-5)15-11-21)33(24)30(34)38-31(2,3)4/h8-15,17-18,24,29,32H,16,19H2,1-7H3/t24-,29-/m0/s1.